The van der Waals surface area contributed by atoms with Crippen LogP contribution in [0.1, 0.15) is 38.7 Å². The highest BCUT2D eigenvalue weighted by atomic mass is 16.2. The van der Waals surface area contributed by atoms with Crippen LogP contribution in [-0.2, 0) is 15.0 Å². The number of hydrogen-bond acceptors (Lipinski definition) is 3. The average molecular weight is 288 g/mol. The summed E-state index contributed by atoms with van der Waals surface area (Å²) in [4.78, 5) is 38.4. The Morgan fingerprint density at radius 2 is 1.76 bits per heavy atom. The fraction of sp³-hybridized carbons (Fsp3) is 0.438. The van der Waals surface area contributed by atoms with E-state index in [4.69, 9.17) is 0 Å². The summed E-state index contributed by atoms with van der Waals surface area (Å²) in [5, 5.41) is 2.34. The van der Waals surface area contributed by atoms with E-state index >= 15 is 0 Å². The van der Waals surface area contributed by atoms with E-state index < -0.39 is 23.3 Å². The third-order valence-corrected chi connectivity index (χ3v) is 4.00. The number of barbiturate groups is 1. The second kappa shape index (κ2) is 6.08. The summed E-state index contributed by atoms with van der Waals surface area (Å²) < 4.78 is 0. The second-order valence-electron chi connectivity index (χ2n) is 5.19. The van der Waals surface area contributed by atoms with Crippen LogP contribution in [0.4, 0.5) is 4.79 Å². The molecule has 5 nitrogen and oxygen atoms in total. The number of hydrogen-bond donors (Lipinski definition) is 1. The molecule has 1 saturated heterocycles. The third kappa shape index (κ3) is 2.44. The van der Waals surface area contributed by atoms with Crippen molar-refractivity contribution in [3.05, 3.63) is 35.9 Å². The van der Waals surface area contributed by atoms with Gasteiger partial charge in [-0.3, -0.25) is 19.8 Å². The molecule has 0 spiro atoms. The van der Waals surface area contributed by atoms with Crippen LogP contribution >= 0.6 is 0 Å². The van der Waals surface area contributed by atoms with Crippen LogP contribution in [0.25, 0.3) is 0 Å². The lowest BCUT2D eigenvalue weighted by atomic mass is 9.74. The van der Waals surface area contributed by atoms with Gasteiger partial charge >= 0.3 is 6.03 Å². The fourth-order valence-corrected chi connectivity index (χ4v) is 2.70. The van der Waals surface area contributed by atoms with E-state index in [-0.39, 0.29) is 0 Å². The highest BCUT2D eigenvalue weighted by molar-refractivity contribution is 6.22. The Kier molecular flexibility index (Phi) is 4.40. The number of benzene rings is 1. The van der Waals surface area contributed by atoms with Crippen molar-refractivity contribution < 1.29 is 14.4 Å². The maximum atomic E-state index is 12.8. The number of imide groups is 2. The van der Waals surface area contributed by atoms with Crippen LogP contribution in [0, 0.1) is 0 Å². The molecular weight excluding hydrogens is 268 g/mol. The molecule has 0 radical (unpaired) electrons. The normalized spacial score (nSPS) is 22.4. The molecule has 2 rings (SSSR count). The van der Waals surface area contributed by atoms with Gasteiger partial charge in [0.25, 0.3) is 5.91 Å². The summed E-state index contributed by atoms with van der Waals surface area (Å²) in [6, 6.07) is 8.32. The number of carbonyl (C=O) groups is 3. The Labute approximate surface area is 124 Å². The smallest absolute Gasteiger partial charge is 0.276 e. The molecule has 112 valence electrons. The minimum atomic E-state index is -1.30. The van der Waals surface area contributed by atoms with Crippen LogP contribution in [0.3, 0.4) is 0 Å². The molecule has 1 heterocycles. The summed E-state index contributed by atoms with van der Waals surface area (Å²) >= 11 is 0. The first-order valence-electron chi connectivity index (χ1n) is 7.30. The minimum absolute atomic E-state index is 0.317. The van der Waals surface area contributed by atoms with Gasteiger partial charge in [-0.15, -0.1) is 0 Å². The molecule has 1 aliphatic heterocycles. The Morgan fingerprint density at radius 3 is 2.33 bits per heavy atom. The molecule has 4 amide bonds. The lowest BCUT2D eigenvalue weighted by molar-refractivity contribution is -0.145. The molecule has 0 saturated carbocycles. The number of nitrogens with one attached hydrogen (secondary N) is 1. The van der Waals surface area contributed by atoms with Crippen LogP contribution in [0.5, 0.6) is 0 Å². The number of urea groups is 1. The van der Waals surface area contributed by atoms with Gasteiger partial charge in [0.1, 0.15) is 0 Å². The predicted octanol–water partition coefficient (Wildman–Crippen LogP) is 2.21. The van der Waals surface area contributed by atoms with E-state index in [1.807, 2.05) is 13.0 Å². The molecule has 0 aliphatic carbocycles. The first kappa shape index (κ1) is 15.2. The number of nitrogens with zero attached hydrogens (tertiary/aromatic N) is 1. The zero-order valence-electron chi connectivity index (χ0n) is 12.4. The Hall–Kier alpha value is -2.17. The Balaban J connectivity index is 2.46. The average Bonchev–Trinajstić information content (AvgIpc) is 2.49. The molecule has 0 bridgehead atoms. The summed E-state index contributed by atoms with van der Waals surface area (Å²) in [6.45, 7) is 4.11. The highest BCUT2D eigenvalue weighted by Crippen LogP contribution is 2.33. The lowest BCUT2D eigenvalue weighted by Crippen LogP contribution is -2.65. The van der Waals surface area contributed by atoms with E-state index in [1.165, 1.54) is 4.90 Å². The van der Waals surface area contributed by atoms with Crippen molar-refractivity contribution in [1.29, 1.82) is 0 Å². The summed E-state index contributed by atoms with van der Waals surface area (Å²) in [6.07, 6.45) is 1.91. The molecule has 1 aliphatic rings. The van der Waals surface area contributed by atoms with Gasteiger partial charge in [0, 0.05) is 6.54 Å². The third-order valence-electron chi connectivity index (χ3n) is 4.00. The molecule has 1 atom stereocenters. The monoisotopic (exact) mass is 288 g/mol. The predicted molar refractivity (Wildman–Crippen MR) is 78.6 cm³/mol. The minimum Gasteiger partial charge on any atom is -0.276 e. The summed E-state index contributed by atoms with van der Waals surface area (Å²) in [7, 11) is 0. The molecule has 1 N–H and O–H groups in total. The van der Waals surface area contributed by atoms with Crippen molar-refractivity contribution in [3.63, 3.8) is 0 Å². The first-order valence-corrected chi connectivity index (χ1v) is 7.30. The molecule has 1 fully saturated rings. The Bertz CT molecular complexity index is 556. The molecule has 21 heavy (non-hydrogen) atoms. The molecule has 0 aromatic heterocycles. The maximum absolute atomic E-state index is 12.8. The van der Waals surface area contributed by atoms with Gasteiger partial charge in [-0.1, -0.05) is 50.6 Å². The van der Waals surface area contributed by atoms with Crippen molar-refractivity contribution >= 4 is 17.8 Å². The van der Waals surface area contributed by atoms with Crippen molar-refractivity contribution in [2.24, 2.45) is 0 Å². The first-order chi connectivity index (χ1) is 10.1. The highest BCUT2D eigenvalue weighted by Gasteiger charge is 2.53. The van der Waals surface area contributed by atoms with Crippen molar-refractivity contribution in [2.75, 3.05) is 6.54 Å². The number of carbonyl (C=O) groups excluding carboxylic acids is 3. The van der Waals surface area contributed by atoms with Gasteiger partial charge in [-0.2, -0.15) is 0 Å². The van der Waals surface area contributed by atoms with Gasteiger partial charge in [-0.25, -0.2) is 4.79 Å². The van der Waals surface area contributed by atoms with Crippen LogP contribution < -0.4 is 5.32 Å². The van der Waals surface area contributed by atoms with E-state index in [9.17, 15) is 14.4 Å². The van der Waals surface area contributed by atoms with Crippen LogP contribution in [-0.4, -0.2) is 29.3 Å². The number of amides is 4. The quantitative estimate of drug-likeness (QED) is 0.845. The zero-order valence-corrected chi connectivity index (χ0v) is 12.4. The molecule has 5 heteroatoms. The van der Waals surface area contributed by atoms with Gasteiger partial charge in [-0.05, 0) is 18.4 Å². The largest absolute Gasteiger partial charge is 0.330 e. The number of rotatable bonds is 5. The molecule has 1 aromatic carbocycles. The van der Waals surface area contributed by atoms with Gasteiger partial charge in [0.05, 0.1) is 0 Å². The zero-order chi connectivity index (χ0) is 15.5. The van der Waals surface area contributed by atoms with E-state index in [0.717, 1.165) is 12.8 Å². The SMILES string of the molecule is CCCCN1C(=O)NC(=O)C(CC)(c2ccccc2)C1=O. The number of unbranched alkanes of at least 4 members (excludes halogenated alkanes) is 1. The van der Waals surface area contributed by atoms with Gasteiger partial charge in [0.2, 0.25) is 5.91 Å². The van der Waals surface area contributed by atoms with Crippen molar-refractivity contribution in [3.8, 4) is 0 Å². The van der Waals surface area contributed by atoms with Crippen LogP contribution in [0.2, 0.25) is 0 Å². The summed E-state index contributed by atoms with van der Waals surface area (Å²) in [5.74, 6) is -0.947. The summed E-state index contributed by atoms with van der Waals surface area (Å²) in [5.41, 5.74) is -0.674. The molecular formula is C16H20N2O3. The lowest BCUT2D eigenvalue weighted by Gasteiger charge is -2.39. The molecule has 1 aromatic rings. The topological polar surface area (TPSA) is 66.5 Å². The van der Waals surface area contributed by atoms with E-state index in [1.54, 1.807) is 31.2 Å². The van der Waals surface area contributed by atoms with Crippen molar-refractivity contribution in [2.45, 2.75) is 38.5 Å². The Morgan fingerprint density at radius 1 is 1.10 bits per heavy atom. The van der Waals surface area contributed by atoms with Gasteiger partial charge in [0.15, 0.2) is 5.41 Å². The molecule has 1 unspecified atom stereocenters. The van der Waals surface area contributed by atoms with Crippen molar-refractivity contribution in [1.82, 2.24) is 10.2 Å². The van der Waals surface area contributed by atoms with Crippen LogP contribution in [0.15, 0.2) is 30.3 Å². The van der Waals surface area contributed by atoms with Gasteiger partial charge < -0.3 is 0 Å². The second-order valence-corrected chi connectivity index (χ2v) is 5.19. The maximum Gasteiger partial charge on any atom is 0.330 e. The van der Waals surface area contributed by atoms with E-state index in [0.29, 0.717) is 18.5 Å². The standard InChI is InChI=1S/C16H20N2O3/c1-3-5-11-18-14(20)16(4-2,13(19)17-15(18)21)12-9-7-6-8-10-12/h6-10H,3-5,11H2,1-2H3,(H,17,19,21). The van der Waals surface area contributed by atoms with E-state index in [2.05, 4.69) is 5.32 Å². The fourth-order valence-electron chi connectivity index (χ4n) is 2.70.